The lowest BCUT2D eigenvalue weighted by Crippen LogP contribution is -2.28. The van der Waals surface area contributed by atoms with Crippen LogP contribution in [0.15, 0.2) is 67.3 Å². The van der Waals surface area contributed by atoms with Gasteiger partial charge in [0, 0.05) is 50.3 Å². The maximum Gasteiger partial charge on any atom is 0.258 e. The summed E-state index contributed by atoms with van der Waals surface area (Å²) < 4.78 is 18.9. The Morgan fingerprint density at radius 3 is 2.65 bits per heavy atom. The standard InChI is InChI=1S/C38H40FN9O/c1-26-16-34(39)33(19-28(26)9-10-32-22-41-36-35(8-6-13-48(32)36)43-31-21-42-46(5)24-31)37(49)44-30-18-27(17-29(20-30)38(2,3)25-40)23-47-12-7-11-45(4)14-15-47/h6,8,13,16-22,24,43H,7,11-12,14-15,23H2,1-5H3,(H,44,49). The number of hydrogen-bond acceptors (Lipinski definition) is 7. The van der Waals surface area contributed by atoms with Crippen LogP contribution in [0.1, 0.15) is 58.6 Å². The van der Waals surface area contributed by atoms with E-state index >= 15 is 4.39 Å². The summed E-state index contributed by atoms with van der Waals surface area (Å²) in [5, 5.41) is 20.3. The molecule has 4 heterocycles. The maximum absolute atomic E-state index is 15.3. The molecule has 250 valence electrons. The number of carbonyl (C=O) groups is 1. The molecule has 2 aromatic carbocycles. The Kier molecular flexibility index (Phi) is 9.50. The Bertz CT molecular complexity index is 2130. The Morgan fingerprint density at radius 2 is 1.88 bits per heavy atom. The molecule has 0 spiro atoms. The molecule has 11 heteroatoms. The van der Waals surface area contributed by atoms with Crippen molar-refractivity contribution in [1.82, 2.24) is 29.0 Å². The third-order valence-electron chi connectivity index (χ3n) is 8.87. The van der Waals surface area contributed by atoms with Crippen LogP contribution in [-0.2, 0) is 19.0 Å². The number of aromatic nitrogens is 4. The normalized spacial score (nSPS) is 14.1. The van der Waals surface area contributed by atoms with Crippen LogP contribution in [0, 0.1) is 35.9 Å². The van der Waals surface area contributed by atoms with E-state index in [1.54, 1.807) is 30.1 Å². The van der Waals surface area contributed by atoms with Gasteiger partial charge in [0.25, 0.3) is 5.91 Å². The Hall–Kier alpha value is -5.49. The summed E-state index contributed by atoms with van der Waals surface area (Å²) in [5.74, 6) is 5.06. The third-order valence-corrected chi connectivity index (χ3v) is 8.87. The number of benzene rings is 2. The van der Waals surface area contributed by atoms with Crippen molar-refractivity contribution >= 4 is 28.6 Å². The van der Waals surface area contributed by atoms with E-state index in [2.05, 4.69) is 55.5 Å². The number of hydrogen-bond donors (Lipinski definition) is 2. The second kappa shape index (κ2) is 13.9. The fraction of sp³-hybridized carbons (Fsp3) is 0.316. The highest BCUT2D eigenvalue weighted by atomic mass is 19.1. The molecule has 10 nitrogen and oxygen atoms in total. The number of aryl methyl sites for hydroxylation is 2. The fourth-order valence-electron chi connectivity index (χ4n) is 5.95. The van der Waals surface area contributed by atoms with E-state index in [-0.39, 0.29) is 5.56 Å². The molecule has 2 N–H and O–H groups in total. The summed E-state index contributed by atoms with van der Waals surface area (Å²) in [6.07, 6.45) is 8.23. The van der Waals surface area contributed by atoms with Gasteiger partial charge in [0.2, 0.25) is 0 Å². The monoisotopic (exact) mass is 657 g/mol. The predicted octanol–water partition coefficient (Wildman–Crippen LogP) is 5.85. The van der Waals surface area contributed by atoms with E-state index in [1.807, 2.05) is 62.0 Å². The quantitative estimate of drug-likeness (QED) is 0.212. The van der Waals surface area contributed by atoms with Crippen molar-refractivity contribution < 1.29 is 9.18 Å². The molecular weight excluding hydrogens is 617 g/mol. The van der Waals surface area contributed by atoms with E-state index in [0.29, 0.717) is 34.7 Å². The van der Waals surface area contributed by atoms with Crippen molar-refractivity contribution in [3.05, 3.63) is 107 Å². The van der Waals surface area contributed by atoms with Crippen molar-refractivity contribution in [1.29, 1.82) is 5.26 Å². The number of nitrogens with one attached hydrogen (secondary N) is 2. The van der Waals surface area contributed by atoms with Gasteiger partial charge in [0.15, 0.2) is 5.65 Å². The summed E-state index contributed by atoms with van der Waals surface area (Å²) in [5.41, 5.74) is 5.50. The average molecular weight is 658 g/mol. The first-order valence-corrected chi connectivity index (χ1v) is 16.3. The van der Waals surface area contributed by atoms with E-state index in [0.717, 1.165) is 55.1 Å². The molecule has 0 bridgehead atoms. The Labute approximate surface area is 286 Å². The number of likely N-dealkylation sites (N-methyl/N-ethyl adjacent to an activating group) is 1. The van der Waals surface area contributed by atoms with Crippen LogP contribution in [0.4, 0.5) is 21.5 Å². The number of rotatable bonds is 7. The van der Waals surface area contributed by atoms with E-state index in [4.69, 9.17) is 0 Å². The van der Waals surface area contributed by atoms with Gasteiger partial charge in [-0.15, -0.1) is 0 Å². The summed E-state index contributed by atoms with van der Waals surface area (Å²) in [6.45, 7) is 10.1. The third kappa shape index (κ3) is 7.65. The zero-order valence-corrected chi connectivity index (χ0v) is 28.5. The lowest BCUT2D eigenvalue weighted by atomic mass is 9.85. The molecule has 0 radical (unpaired) electrons. The van der Waals surface area contributed by atoms with Gasteiger partial charge in [-0.1, -0.05) is 12.0 Å². The topological polar surface area (TPSA) is 107 Å². The van der Waals surface area contributed by atoms with Crippen LogP contribution in [0.5, 0.6) is 0 Å². The van der Waals surface area contributed by atoms with Crippen molar-refractivity contribution in [2.75, 3.05) is 43.9 Å². The molecule has 0 aliphatic carbocycles. The van der Waals surface area contributed by atoms with Gasteiger partial charge in [0.05, 0.1) is 40.8 Å². The number of nitrogens with zero attached hydrogens (tertiary/aromatic N) is 7. The van der Waals surface area contributed by atoms with Crippen molar-refractivity contribution in [3.63, 3.8) is 0 Å². The number of carbonyl (C=O) groups excluding carboxylic acids is 1. The molecule has 5 aromatic rings. The van der Waals surface area contributed by atoms with Gasteiger partial charge < -0.3 is 15.5 Å². The predicted molar refractivity (Wildman–Crippen MR) is 189 cm³/mol. The zero-order chi connectivity index (χ0) is 34.7. The van der Waals surface area contributed by atoms with Crippen LogP contribution in [0.3, 0.4) is 0 Å². The first kappa shape index (κ1) is 33.4. The first-order chi connectivity index (χ1) is 23.5. The van der Waals surface area contributed by atoms with Crippen molar-refractivity contribution in [2.45, 2.75) is 39.2 Å². The number of amides is 1. The summed E-state index contributed by atoms with van der Waals surface area (Å²) in [7, 11) is 3.98. The van der Waals surface area contributed by atoms with Gasteiger partial charge in [-0.05, 0) is 106 Å². The van der Waals surface area contributed by atoms with E-state index in [1.165, 1.54) is 12.1 Å². The number of pyridine rings is 1. The van der Waals surface area contributed by atoms with Crippen LogP contribution in [0.2, 0.25) is 0 Å². The molecule has 3 aromatic heterocycles. The Balaban J connectivity index is 1.26. The number of halogens is 1. The van der Waals surface area contributed by atoms with Crippen molar-refractivity contribution in [3.8, 4) is 17.9 Å². The highest BCUT2D eigenvalue weighted by molar-refractivity contribution is 6.05. The summed E-state index contributed by atoms with van der Waals surface area (Å²) in [4.78, 5) is 22.9. The smallest absolute Gasteiger partial charge is 0.258 e. The highest BCUT2D eigenvalue weighted by Gasteiger charge is 2.23. The molecule has 1 amide bonds. The molecule has 49 heavy (non-hydrogen) atoms. The number of fused-ring (bicyclic) bond motifs is 1. The van der Waals surface area contributed by atoms with Crippen LogP contribution in [-0.4, -0.2) is 68.1 Å². The zero-order valence-electron chi connectivity index (χ0n) is 28.5. The largest absolute Gasteiger partial charge is 0.350 e. The van der Waals surface area contributed by atoms with E-state index in [9.17, 15) is 10.1 Å². The molecule has 1 aliphatic rings. The van der Waals surface area contributed by atoms with E-state index < -0.39 is 17.1 Å². The molecule has 1 fully saturated rings. The highest BCUT2D eigenvalue weighted by Crippen LogP contribution is 2.28. The molecule has 0 atom stereocenters. The molecule has 0 unspecified atom stereocenters. The number of imidazole rings is 1. The lowest BCUT2D eigenvalue weighted by molar-refractivity contribution is 0.102. The van der Waals surface area contributed by atoms with Gasteiger partial charge in [-0.3, -0.25) is 18.8 Å². The second-order valence-electron chi connectivity index (χ2n) is 13.2. The maximum atomic E-state index is 15.3. The van der Waals surface area contributed by atoms with Gasteiger partial charge >= 0.3 is 0 Å². The minimum absolute atomic E-state index is 0.113. The Morgan fingerprint density at radius 1 is 1.04 bits per heavy atom. The van der Waals surface area contributed by atoms with Crippen molar-refractivity contribution in [2.24, 2.45) is 7.05 Å². The van der Waals surface area contributed by atoms with Gasteiger partial charge in [-0.2, -0.15) is 10.4 Å². The van der Waals surface area contributed by atoms with Crippen LogP contribution >= 0.6 is 0 Å². The lowest BCUT2D eigenvalue weighted by Gasteiger charge is -2.23. The second-order valence-corrected chi connectivity index (χ2v) is 13.2. The minimum atomic E-state index is -0.778. The number of nitriles is 1. The summed E-state index contributed by atoms with van der Waals surface area (Å²) >= 11 is 0. The molecule has 1 saturated heterocycles. The minimum Gasteiger partial charge on any atom is -0.350 e. The first-order valence-electron chi connectivity index (χ1n) is 16.3. The fourth-order valence-corrected chi connectivity index (χ4v) is 5.95. The molecular formula is C38H40FN9O. The summed E-state index contributed by atoms with van der Waals surface area (Å²) in [6, 6.07) is 14.8. The number of anilines is 3. The van der Waals surface area contributed by atoms with Gasteiger partial charge in [0.1, 0.15) is 11.5 Å². The van der Waals surface area contributed by atoms with Crippen LogP contribution in [0.25, 0.3) is 5.65 Å². The SMILES string of the molecule is Cc1cc(F)c(C(=O)Nc2cc(CN3CCCN(C)CC3)cc(C(C)(C)C#N)c2)cc1C#Cc1cnc2c(Nc3cnn(C)c3)cccn12. The van der Waals surface area contributed by atoms with Crippen LogP contribution < -0.4 is 10.6 Å². The molecule has 6 rings (SSSR count). The molecule has 1 aliphatic heterocycles. The molecule has 0 saturated carbocycles. The average Bonchev–Trinajstić information content (AvgIpc) is 3.62. The van der Waals surface area contributed by atoms with Gasteiger partial charge in [-0.25, -0.2) is 9.37 Å².